The first-order valence-electron chi connectivity index (χ1n) is 11.9. The molecule has 0 heterocycles. The minimum absolute atomic E-state index is 0.148. The van der Waals surface area contributed by atoms with E-state index in [1.54, 1.807) is 13.8 Å². The van der Waals surface area contributed by atoms with Crippen LogP contribution in [0.2, 0.25) is 0 Å². The fraction of sp³-hybridized carbons (Fsp3) is 0.226. The zero-order valence-electron chi connectivity index (χ0n) is 20.0. The summed E-state index contributed by atoms with van der Waals surface area (Å²) in [6.45, 7) is 3.84. The second kappa shape index (κ2) is 10.9. The number of esters is 2. The lowest BCUT2D eigenvalue weighted by Gasteiger charge is -2.35. The molecular formula is C31H28O4. The van der Waals surface area contributed by atoms with E-state index in [-0.39, 0.29) is 26.1 Å². The fourth-order valence-corrected chi connectivity index (χ4v) is 4.47. The molecule has 0 bridgehead atoms. The van der Waals surface area contributed by atoms with Crippen molar-refractivity contribution in [2.24, 2.45) is 5.41 Å². The summed E-state index contributed by atoms with van der Waals surface area (Å²) < 4.78 is 10.9. The van der Waals surface area contributed by atoms with E-state index in [0.29, 0.717) is 0 Å². The summed E-state index contributed by atoms with van der Waals surface area (Å²) in [6.07, 6.45) is 0.369. The minimum atomic E-state index is -1.47. The number of benzene rings is 3. The van der Waals surface area contributed by atoms with Gasteiger partial charge in [0, 0.05) is 24.0 Å². The summed E-state index contributed by atoms with van der Waals surface area (Å²) in [6, 6.07) is 27.5. The van der Waals surface area contributed by atoms with Crippen LogP contribution in [0.5, 0.6) is 0 Å². The van der Waals surface area contributed by atoms with Crippen molar-refractivity contribution in [3.05, 3.63) is 107 Å². The van der Waals surface area contributed by atoms with Gasteiger partial charge in [0.1, 0.15) is 0 Å². The van der Waals surface area contributed by atoms with E-state index >= 15 is 0 Å². The van der Waals surface area contributed by atoms with Gasteiger partial charge >= 0.3 is 11.9 Å². The summed E-state index contributed by atoms with van der Waals surface area (Å²) in [5, 5.41) is 0. The fourth-order valence-electron chi connectivity index (χ4n) is 4.47. The van der Waals surface area contributed by atoms with Gasteiger partial charge in [0.2, 0.25) is 0 Å². The van der Waals surface area contributed by atoms with Gasteiger partial charge in [-0.15, -0.1) is 0 Å². The van der Waals surface area contributed by atoms with E-state index in [4.69, 9.17) is 9.47 Å². The Kier molecular flexibility index (Phi) is 7.48. The predicted molar refractivity (Wildman–Crippen MR) is 137 cm³/mol. The van der Waals surface area contributed by atoms with Crippen molar-refractivity contribution in [3.8, 4) is 11.8 Å². The molecule has 3 aromatic carbocycles. The third-order valence-electron chi connectivity index (χ3n) is 6.12. The van der Waals surface area contributed by atoms with Gasteiger partial charge in [-0.3, -0.25) is 9.59 Å². The Bertz CT molecular complexity index is 1280. The number of ether oxygens (including phenoxy) is 2. The predicted octanol–water partition coefficient (Wildman–Crippen LogP) is 5.71. The number of rotatable bonds is 5. The molecule has 176 valence electrons. The van der Waals surface area contributed by atoms with Gasteiger partial charge in [-0.05, 0) is 48.2 Å². The molecule has 0 atom stereocenters. The van der Waals surface area contributed by atoms with Crippen molar-refractivity contribution < 1.29 is 19.1 Å². The first-order chi connectivity index (χ1) is 17.1. The number of hydrogen-bond donors (Lipinski definition) is 0. The van der Waals surface area contributed by atoms with E-state index in [2.05, 4.69) is 11.8 Å². The van der Waals surface area contributed by atoms with Crippen molar-refractivity contribution in [1.29, 1.82) is 0 Å². The molecular weight excluding hydrogens is 436 g/mol. The molecule has 0 unspecified atom stereocenters. The molecule has 0 saturated carbocycles. The molecule has 0 aliphatic heterocycles. The molecule has 0 amide bonds. The zero-order chi connectivity index (χ0) is 24.7. The van der Waals surface area contributed by atoms with Crippen molar-refractivity contribution >= 4 is 23.1 Å². The van der Waals surface area contributed by atoms with Crippen molar-refractivity contribution in [2.75, 3.05) is 13.2 Å². The zero-order valence-corrected chi connectivity index (χ0v) is 20.0. The molecule has 0 radical (unpaired) electrons. The van der Waals surface area contributed by atoms with Crippen LogP contribution in [0.1, 0.15) is 42.5 Å². The van der Waals surface area contributed by atoms with Crippen molar-refractivity contribution in [2.45, 2.75) is 26.7 Å². The Hall–Kier alpha value is -4.10. The van der Waals surface area contributed by atoms with Crippen LogP contribution in [0.3, 0.4) is 0 Å². The molecule has 1 aliphatic rings. The van der Waals surface area contributed by atoms with Crippen LogP contribution >= 0.6 is 0 Å². The summed E-state index contributed by atoms with van der Waals surface area (Å²) in [5.41, 5.74) is 3.83. The Morgan fingerprint density at radius 1 is 0.771 bits per heavy atom. The Morgan fingerprint density at radius 2 is 1.34 bits per heavy atom. The number of hydrogen-bond acceptors (Lipinski definition) is 4. The molecule has 0 aromatic heterocycles. The molecule has 0 spiro atoms. The number of allylic oxidation sites excluding steroid dienone is 2. The normalized spacial score (nSPS) is 15.1. The quantitative estimate of drug-likeness (QED) is 0.276. The van der Waals surface area contributed by atoms with Crippen LogP contribution in [-0.4, -0.2) is 25.2 Å². The van der Waals surface area contributed by atoms with E-state index in [1.807, 2.05) is 84.9 Å². The molecule has 0 saturated heterocycles. The minimum Gasteiger partial charge on any atom is -0.465 e. The topological polar surface area (TPSA) is 52.6 Å². The maximum absolute atomic E-state index is 13.3. The molecule has 0 fully saturated rings. The van der Waals surface area contributed by atoms with Crippen molar-refractivity contribution in [3.63, 3.8) is 0 Å². The lowest BCUT2D eigenvalue weighted by atomic mass is 9.67. The summed E-state index contributed by atoms with van der Waals surface area (Å²) in [4.78, 5) is 26.7. The van der Waals surface area contributed by atoms with E-state index in [1.165, 1.54) is 0 Å². The SMILES string of the molecule is CCOC(=O)C1(C(=O)OCC)C/C(=C(/C#Cc2ccccc2)c2ccccc2)c2ccccc2C1. The Morgan fingerprint density at radius 3 is 1.97 bits per heavy atom. The average Bonchev–Trinajstić information content (AvgIpc) is 2.90. The highest BCUT2D eigenvalue weighted by molar-refractivity contribution is 6.08. The molecule has 1 aliphatic carbocycles. The number of fused-ring (bicyclic) bond motifs is 1. The second-order valence-electron chi connectivity index (χ2n) is 8.37. The van der Waals surface area contributed by atoms with Gasteiger partial charge < -0.3 is 9.47 Å². The molecule has 35 heavy (non-hydrogen) atoms. The van der Waals surface area contributed by atoms with Crippen LogP contribution in [-0.2, 0) is 25.5 Å². The highest BCUT2D eigenvalue weighted by Crippen LogP contribution is 2.46. The van der Waals surface area contributed by atoms with Crippen LogP contribution in [0.25, 0.3) is 11.1 Å². The van der Waals surface area contributed by atoms with E-state index < -0.39 is 17.4 Å². The lowest BCUT2D eigenvalue weighted by molar-refractivity contribution is -0.171. The van der Waals surface area contributed by atoms with Crippen LogP contribution < -0.4 is 0 Å². The molecule has 0 N–H and O–H groups in total. The van der Waals surface area contributed by atoms with Crippen LogP contribution in [0.15, 0.2) is 84.9 Å². The maximum Gasteiger partial charge on any atom is 0.324 e. The van der Waals surface area contributed by atoms with Crippen molar-refractivity contribution in [1.82, 2.24) is 0 Å². The van der Waals surface area contributed by atoms with Gasteiger partial charge in [0.05, 0.1) is 13.2 Å². The van der Waals surface area contributed by atoms with Gasteiger partial charge in [-0.25, -0.2) is 0 Å². The summed E-state index contributed by atoms with van der Waals surface area (Å²) in [7, 11) is 0. The third kappa shape index (κ3) is 5.05. The highest BCUT2D eigenvalue weighted by atomic mass is 16.6. The molecule has 4 nitrogen and oxygen atoms in total. The standard InChI is InChI=1S/C31H28O4/c1-3-34-29(32)31(30(33)35-4-2)21-25-17-11-12-18-26(25)28(22-31)27(24-15-9-6-10-16-24)20-19-23-13-7-5-8-14-23/h5-18H,3-4,21-22H2,1-2H3/b28-27+. The Balaban J connectivity index is 1.99. The first-order valence-corrected chi connectivity index (χ1v) is 11.9. The summed E-state index contributed by atoms with van der Waals surface area (Å²) >= 11 is 0. The number of carbonyl (C=O) groups excluding carboxylic acids is 2. The van der Waals surface area contributed by atoms with Gasteiger partial charge in [-0.1, -0.05) is 84.6 Å². The third-order valence-corrected chi connectivity index (χ3v) is 6.12. The smallest absolute Gasteiger partial charge is 0.324 e. The molecule has 4 heteroatoms. The van der Waals surface area contributed by atoms with E-state index in [0.717, 1.165) is 33.4 Å². The van der Waals surface area contributed by atoms with E-state index in [9.17, 15) is 9.59 Å². The summed E-state index contributed by atoms with van der Waals surface area (Å²) in [5.74, 6) is 5.51. The van der Waals surface area contributed by atoms with Crippen LogP contribution in [0.4, 0.5) is 0 Å². The van der Waals surface area contributed by atoms with Gasteiger partial charge in [-0.2, -0.15) is 0 Å². The average molecular weight is 465 g/mol. The molecule has 4 rings (SSSR count). The lowest BCUT2D eigenvalue weighted by Crippen LogP contribution is -2.46. The maximum atomic E-state index is 13.3. The highest BCUT2D eigenvalue weighted by Gasteiger charge is 2.52. The largest absolute Gasteiger partial charge is 0.465 e. The second-order valence-corrected chi connectivity index (χ2v) is 8.37. The van der Waals surface area contributed by atoms with Gasteiger partial charge in [0.15, 0.2) is 5.41 Å². The van der Waals surface area contributed by atoms with Gasteiger partial charge in [0.25, 0.3) is 0 Å². The first kappa shape index (κ1) is 24.0. The Labute approximate surface area is 206 Å². The monoisotopic (exact) mass is 464 g/mol. The molecule has 3 aromatic rings. The number of carbonyl (C=O) groups is 2. The van der Waals surface area contributed by atoms with Crippen LogP contribution in [0, 0.1) is 17.3 Å².